The van der Waals surface area contributed by atoms with Gasteiger partial charge >= 0.3 is 0 Å². The van der Waals surface area contributed by atoms with Gasteiger partial charge in [-0.05, 0) is 44.8 Å². The number of nitrogens with zero attached hydrogens (tertiary/aromatic N) is 1. The lowest BCUT2D eigenvalue weighted by molar-refractivity contribution is 0.0954. The lowest BCUT2D eigenvalue weighted by Gasteiger charge is -1.99. The molecule has 0 aliphatic heterocycles. The van der Waals surface area contributed by atoms with Gasteiger partial charge in [0.15, 0.2) is 0 Å². The fraction of sp³-hybridized carbons (Fsp3) is 0.200. The highest BCUT2D eigenvalue weighted by atomic mass is 79.9. The maximum absolute atomic E-state index is 11.8. The third-order valence-corrected chi connectivity index (χ3v) is 6.04. The van der Waals surface area contributed by atoms with E-state index in [1.807, 2.05) is 12.3 Å². The topological polar surface area (TPSA) is 42.0 Å². The third-order valence-electron chi connectivity index (χ3n) is 1.97. The van der Waals surface area contributed by atoms with E-state index in [2.05, 4.69) is 42.2 Å². The monoisotopic (exact) mass is 394 g/mol. The van der Waals surface area contributed by atoms with Crippen LogP contribution in [0.5, 0.6) is 0 Å². The molecule has 0 atom stereocenters. The molecule has 0 radical (unpaired) electrons. The Kier molecular flexibility index (Phi) is 4.35. The zero-order valence-corrected chi connectivity index (χ0v) is 13.6. The number of amides is 1. The van der Waals surface area contributed by atoms with Crippen molar-refractivity contribution >= 4 is 60.4 Å². The van der Waals surface area contributed by atoms with Gasteiger partial charge in [-0.3, -0.25) is 4.79 Å². The van der Waals surface area contributed by atoms with E-state index >= 15 is 0 Å². The van der Waals surface area contributed by atoms with Crippen LogP contribution in [0, 0.1) is 6.92 Å². The molecule has 0 saturated heterocycles. The van der Waals surface area contributed by atoms with Crippen LogP contribution in [0.15, 0.2) is 19.7 Å². The molecule has 0 aliphatic rings. The summed E-state index contributed by atoms with van der Waals surface area (Å²) in [4.78, 5) is 16.8. The van der Waals surface area contributed by atoms with Crippen LogP contribution in [0.1, 0.15) is 20.4 Å². The molecule has 7 heteroatoms. The quantitative estimate of drug-likeness (QED) is 0.854. The highest BCUT2D eigenvalue weighted by Gasteiger charge is 2.12. The van der Waals surface area contributed by atoms with Gasteiger partial charge in [-0.1, -0.05) is 0 Å². The lowest BCUT2D eigenvalue weighted by Crippen LogP contribution is -2.21. The lowest BCUT2D eigenvalue weighted by atomic mass is 10.4. The van der Waals surface area contributed by atoms with Crippen LogP contribution in [-0.4, -0.2) is 10.9 Å². The summed E-state index contributed by atoms with van der Waals surface area (Å²) < 4.78 is 1.82. The van der Waals surface area contributed by atoms with E-state index in [1.165, 1.54) is 11.3 Å². The first-order valence-corrected chi connectivity index (χ1v) is 7.98. The molecule has 0 fully saturated rings. The van der Waals surface area contributed by atoms with Crippen molar-refractivity contribution in [3.8, 4) is 0 Å². The zero-order valence-electron chi connectivity index (χ0n) is 8.79. The summed E-state index contributed by atoms with van der Waals surface area (Å²) in [7, 11) is 0. The average Bonchev–Trinajstić information content (AvgIpc) is 2.83. The second-order valence-corrected chi connectivity index (χ2v) is 7.56. The van der Waals surface area contributed by atoms with Crippen LogP contribution in [0.3, 0.4) is 0 Å². The van der Waals surface area contributed by atoms with Crippen LogP contribution in [-0.2, 0) is 6.54 Å². The van der Waals surface area contributed by atoms with E-state index in [9.17, 15) is 4.79 Å². The number of thiazole rings is 1. The summed E-state index contributed by atoms with van der Waals surface area (Å²) in [6.07, 6.45) is 0. The largest absolute Gasteiger partial charge is 0.346 e. The second-order valence-electron chi connectivity index (χ2n) is 3.27. The normalized spacial score (nSPS) is 10.5. The number of carbonyl (C=O) groups excluding carboxylic acids is 1. The fourth-order valence-electron chi connectivity index (χ4n) is 1.21. The van der Waals surface area contributed by atoms with E-state index < -0.39 is 0 Å². The average molecular weight is 396 g/mol. The van der Waals surface area contributed by atoms with Crippen molar-refractivity contribution in [1.82, 2.24) is 10.3 Å². The zero-order chi connectivity index (χ0) is 12.4. The molecule has 1 N–H and O–H groups in total. The van der Waals surface area contributed by atoms with Crippen molar-refractivity contribution < 1.29 is 4.79 Å². The summed E-state index contributed by atoms with van der Waals surface area (Å²) in [5.41, 5.74) is 0.899. The van der Waals surface area contributed by atoms with Crippen molar-refractivity contribution in [2.75, 3.05) is 0 Å². The molecule has 0 aliphatic carbocycles. The first kappa shape index (κ1) is 13.2. The maximum atomic E-state index is 11.8. The molecule has 3 nitrogen and oxygen atoms in total. The van der Waals surface area contributed by atoms with Crippen LogP contribution >= 0.6 is 54.5 Å². The van der Waals surface area contributed by atoms with Crippen molar-refractivity contribution in [3.63, 3.8) is 0 Å². The minimum Gasteiger partial charge on any atom is -0.346 e. The predicted octanol–water partition coefficient (Wildman–Crippen LogP) is 3.97. The Morgan fingerprint density at radius 1 is 1.53 bits per heavy atom. The second kappa shape index (κ2) is 5.60. The van der Waals surface area contributed by atoms with E-state index in [1.54, 1.807) is 17.4 Å². The Hall–Kier alpha value is -0.240. The number of hydrogen-bond acceptors (Lipinski definition) is 4. The first-order chi connectivity index (χ1) is 8.06. The maximum Gasteiger partial charge on any atom is 0.261 e. The molecule has 90 valence electrons. The van der Waals surface area contributed by atoms with Gasteiger partial charge in [0, 0.05) is 9.85 Å². The van der Waals surface area contributed by atoms with Gasteiger partial charge in [0.05, 0.1) is 25.9 Å². The summed E-state index contributed by atoms with van der Waals surface area (Å²) in [5, 5.41) is 5.81. The van der Waals surface area contributed by atoms with E-state index in [-0.39, 0.29) is 5.91 Å². The van der Waals surface area contributed by atoms with Gasteiger partial charge in [-0.2, -0.15) is 0 Å². The molecule has 17 heavy (non-hydrogen) atoms. The van der Waals surface area contributed by atoms with Crippen LogP contribution in [0.4, 0.5) is 0 Å². The van der Waals surface area contributed by atoms with Crippen molar-refractivity contribution in [2.24, 2.45) is 0 Å². The minimum absolute atomic E-state index is 0.0768. The molecule has 2 aromatic heterocycles. The fourth-order valence-corrected chi connectivity index (χ4v) is 3.77. The minimum atomic E-state index is -0.0768. The summed E-state index contributed by atoms with van der Waals surface area (Å²) in [5.74, 6) is -0.0768. The highest BCUT2D eigenvalue weighted by molar-refractivity contribution is 9.13. The van der Waals surface area contributed by atoms with Gasteiger partial charge in [-0.15, -0.1) is 22.7 Å². The van der Waals surface area contributed by atoms with Gasteiger partial charge in [-0.25, -0.2) is 4.98 Å². The molecular weight excluding hydrogens is 388 g/mol. The van der Waals surface area contributed by atoms with Gasteiger partial charge in [0.1, 0.15) is 0 Å². The number of halogens is 2. The summed E-state index contributed by atoms with van der Waals surface area (Å²) >= 11 is 9.71. The number of aryl methyl sites for hydroxylation is 1. The molecule has 2 aromatic rings. The van der Waals surface area contributed by atoms with Crippen LogP contribution in [0.2, 0.25) is 0 Å². The van der Waals surface area contributed by atoms with Crippen molar-refractivity contribution in [2.45, 2.75) is 13.5 Å². The van der Waals surface area contributed by atoms with Gasteiger partial charge in [0.2, 0.25) is 0 Å². The molecule has 1 amide bonds. The number of carbonyl (C=O) groups is 1. The van der Waals surface area contributed by atoms with Crippen molar-refractivity contribution in [1.29, 1.82) is 0 Å². The Morgan fingerprint density at radius 2 is 2.29 bits per heavy atom. The molecule has 0 spiro atoms. The van der Waals surface area contributed by atoms with Crippen molar-refractivity contribution in [3.05, 3.63) is 35.3 Å². The molecule has 2 rings (SSSR count). The molecular formula is C10H8Br2N2OS2. The van der Waals surface area contributed by atoms with E-state index in [0.29, 0.717) is 11.4 Å². The Morgan fingerprint density at radius 3 is 2.82 bits per heavy atom. The molecule has 0 unspecified atom stereocenters. The van der Waals surface area contributed by atoms with Crippen LogP contribution in [0.25, 0.3) is 0 Å². The molecule has 0 aromatic carbocycles. The SMILES string of the molecule is Cc1nc(CNC(=O)c2cc(Br)c(Br)s2)cs1. The number of aromatic nitrogens is 1. The Bertz CT molecular complexity index is 531. The standard InChI is InChI=1S/C10H8Br2N2OS2/c1-5-14-6(4-16-5)3-13-10(15)8-2-7(11)9(12)17-8/h2,4H,3H2,1H3,(H,13,15). The third kappa shape index (κ3) is 3.37. The number of nitrogens with one attached hydrogen (secondary N) is 1. The molecule has 0 bridgehead atoms. The van der Waals surface area contributed by atoms with Crippen LogP contribution < -0.4 is 5.32 Å². The summed E-state index contributed by atoms with van der Waals surface area (Å²) in [6, 6.07) is 1.80. The Balaban J connectivity index is 1.98. The number of hydrogen-bond donors (Lipinski definition) is 1. The number of rotatable bonds is 3. The first-order valence-electron chi connectivity index (χ1n) is 4.70. The predicted molar refractivity (Wildman–Crippen MR) is 77.7 cm³/mol. The van der Waals surface area contributed by atoms with E-state index in [0.717, 1.165) is 19.0 Å². The van der Waals surface area contributed by atoms with Gasteiger partial charge in [0.25, 0.3) is 5.91 Å². The summed E-state index contributed by atoms with van der Waals surface area (Å²) in [6.45, 7) is 2.42. The highest BCUT2D eigenvalue weighted by Crippen LogP contribution is 2.32. The van der Waals surface area contributed by atoms with Gasteiger partial charge < -0.3 is 5.32 Å². The molecule has 2 heterocycles. The number of thiophene rings is 1. The molecule has 0 saturated carbocycles. The van der Waals surface area contributed by atoms with E-state index in [4.69, 9.17) is 0 Å². The Labute approximate surface area is 124 Å². The smallest absolute Gasteiger partial charge is 0.261 e.